The minimum atomic E-state index is 0.394. The van der Waals surface area contributed by atoms with Crippen LogP contribution >= 0.6 is 0 Å². The molecule has 9 heavy (non-hydrogen) atoms. The third-order valence-corrected chi connectivity index (χ3v) is 2.65. The highest BCUT2D eigenvalue weighted by atomic mass is 16.3. The van der Waals surface area contributed by atoms with Crippen LogP contribution in [0.15, 0.2) is 12.2 Å². The van der Waals surface area contributed by atoms with Gasteiger partial charge in [-0.1, -0.05) is 12.2 Å². The molecule has 2 rings (SSSR count). The van der Waals surface area contributed by atoms with E-state index in [9.17, 15) is 0 Å². The summed E-state index contributed by atoms with van der Waals surface area (Å²) in [6, 6.07) is 0. The fourth-order valence-corrected chi connectivity index (χ4v) is 2.10. The molecule has 1 saturated carbocycles. The summed E-state index contributed by atoms with van der Waals surface area (Å²) in [6.45, 7) is 0.394. The van der Waals surface area contributed by atoms with Crippen LogP contribution in [0.25, 0.3) is 0 Å². The van der Waals surface area contributed by atoms with E-state index in [4.69, 9.17) is 5.11 Å². The maximum absolute atomic E-state index is 8.85. The second kappa shape index (κ2) is 1.84. The molecule has 1 heteroatoms. The highest BCUT2D eigenvalue weighted by Crippen LogP contribution is 2.42. The highest BCUT2D eigenvalue weighted by Gasteiger charge is 2.34. The molecule has 1 N–H and O–H groups in total. The van der Waals surface area contributed by atoms with Gasteiger partial charge in [-0.3, -0.25) is 0 Å². The van der Waals surface area contributed by atoms with Crippen molar-refractivity contribution in [2.75, 3.05) is 6.61 Å². The summed E-state index contributed by atoms with van der Waals surface area (Å²) in [4.78, 5) is 0. The third kappa shape index (κ3) is 0.715. The van der Waals surface area contributed by atoms with Crippen molar-refractivity contribution in [1.29, 1.82) is 0 Å². The van der Waals surface area contributed by atoms with Gasteiger partial charge >= 0.3 is 0 Å². The molecule has 0 aromatic carbocycles. The monoisotopic (exact) mass is 124 g/mol. The molecule has 0 heterocycles. The van der Waals surface area contributed by atoms with Gasteiger partial charge in [0.15, 0.2) is 0 Å². The lowest BCUT2D eigenvalue weighted by atomic mass is 9.95. The van der Waals surface area contributed by atoms with Gasteiger partial charge in [0.05, 0.1) is 0 Å². The van der Waals surface area contributed by atoms with Gasteiger partial charge in [0.2, 0.25) is 0 Å². The lowest BCUT2D eigenvalue weighted by Gasteiger charge is -2.13. The van der Waals surface area contributed by atoms with E-state index in [-0.39, 0.29) is 0 Å². The molecule has 1 nitrogen and oxygen atoms in total. The van der Waals surface area contributed by atoms with E-state index in [0.29, 0.717) is 12.5 Å². The summed E-state index contributed by atoms with van der Waals surface area (Å²) in [5.74, 6) is 2.13. The normalized spacial score (nSPS) is 46.6. The van der Waals surface area contributed by atoms with Crippen LogP contribution in [0.3, 0.4) is 0 Å². The fourth-order valence-electron chi connectivity index (χ4n) is 2.10. The van der Waals surface area contributed by atoms with Crippen molar-refractivity contribution in [1.82, 2.24) is 0 Å². The van der Waals surface area contributed by atoms with Crippen molar-refractivity contribution in [2.45, 2.75) is 12.8 Å². The lowest BCUT2D eigenvalue weighted by molar-refractivity contribution is 0.207. The van der Waals surface area contributed by atoms with Crippen molar-refractivity contribution in [3.63, 3.8) is 0 Å². The SMILES string of the molecule is OC[C@@H]1C[C@@H]2C=C[C@@H]1C2. The number of fused-ring (bicyclic) bond motifs is 2. The molecule has 0 aromatic heterocycles. The Hall–Kier alpha value is -0.300. The van der Waals surface area contributed by atoms with Crippen molar-refractivity contribution < 1.29 is 5.11 Å². The largest absolute Gasteiger partial charge is 0.396 e. The van der Waals surface area contributed by atoms with Crippen LogP contribution < -0.4 is 0 Å². The summed E-state index contributed by atoms with van der Waals surface area (Å²) >= 11 is 0. The van der Waals surface area contributed by atoms with Gasteiger partial charge in [-0.25, -0.2) is 0 Å². The summed E-state index contributed by atoms with van der Waals surface area (Å²) in [6.07, 6.45) is 7.12. The van der Waals surface area contributed by atoms with Crippen LogP contribution in [0.4, 0.5) is 0 Å². The van der Waals surface area contributed by atoms with Gasteiger partial charge in [-0.15, -0.1) is 0 Å². The van der Waals surface area contributed by atoms with Crippen molar-refractivity contribution in [2.24, 2.45) is 17.8 Å². The van der Waals surface area contributed by atoms with Crippen molar-refractivity contribution >= 4 is 0 Å². The zero-order valence-corrected chi connectivity index (χ0v) is 5.46. The zero-order valence-electron chi connectivity index (χ0n) is 5.46. The van der Waals surface area contributed by atoms with Gasteiger partial charge in [0.25, 0.3) is 0 Å². The molecule has 0 saturated heterocycles. The first-order chi connectivity index (χ1) is 4.40. The minimum absolute atomic E-state index is 0.394. The van der Waals surface area contributed by atoms with Gasteiger partial charge in [0, 0.05) is 6.61 Å². The molecule has 0 unspecified atom stereocenters. The Balaban J connectivity index is 2.10. The predicted octanol–water partition coefficient (Wildman–Crippen LogP) is 1.19. The molecule has 3 atom stereocenters. The van der Waals surface area contributed by atoms with Crippen LogP contribution in [-0.4, -0.2) is 11.7 Å². The molecule has 0 amide bonds. The Kier molecular flexibility index (Phi) is 1.12. The van der Waals surface area contributed by atoms with Crippen LogP contribution in [-0.2, 0) is 0 Å². The smallest absolute Gasteiger partial charge is 0.0465 e. The summed E-state index contributed by atoms with van der Waals surface area (Å²) < 4.78 is 0. The van der Waals surface area contributed by atoms with Crippen molar-refractivity contribution in [3.05, 3.63) is 12.2 Å². The molecule has 1 fully saturated rings. The maximum atomic E-state index is 8.85. The standard InChI is InChI=1S/C8H12O/c9-5-8-4-6-1-2-7(8)3-6/h1-2,6-9H,3-5H2/t6-,7-,8+/m1/s1. The number of hydrogen-bond donors (Lipinski definition) is 1. The van der Waals surface area contributed by atoms with E-state index < -0.39 is 0 Å². The minimum Gasteiger partial charge on any atom is -0.396 e. The van der Waals surface area contributed by atoms with E-state index in [1.165, 1.54) is 12.8 Å². The first-order valence-electron chi connectivity index (χ1n) is 3.69. The molecular weight excluding hydrogens is 112 g/mol. The Morgan fingerprint density at radius 1 is 1.33 bits per heavy atom. The quantitative estimate of drug-likeness (QED) is 0.520. The van der Waals surface area contributed by atoms with Crippen molar-refractivity contribution in [3.8, 4) is 0 Å². The molecule has 2 bridgehead atoms. The van der Waals surface area contributed by atoms with Crippen LogP contribution in [0.1, 0.15) is 12.8 Å². The molecule has 0 radical (unpaired) electrons. The van der Waals surface area contributed by atoms with Crippen LogP contribution in [0, 0.1) is 17.8 Å². The van der Waals surface area contributed by atoms with E-state index in [1.807, 2.05) is 0 Å². The van der Waals surface area contributed by atoms with Gasteiger partial charge in [0.1, 0.15) is 0 Å². The fraction of sp³-hybridized carbons (Fsp3) is 0.750. The van der Waals surface area contributed by atoms with Gasteiger partial charge in [-0.2, -0.15) is 0 Å². The molecule has 0 spiro atoms. The number of hydrogen-bond acceptors (Lipinski definition) is 1. The lowest BCUT2D eigenvalue weighted by Crippen LogP contribution is -2.10. The maximum Gasteiger partial charge on any atom is 0.0465 e. The molecule has 50 valence electrons. The van der Waals surface area contributed by atoms with Gasteiger partial charge < -0.3 is 5.11 Å². The summed E-state index contributed by atoms with van der Waals surface area (Å²) in [5.41, 5.74) is 0. The molecule has 2 aliphatic rings. The number of rotatable bonds is 1. The number of aliphatic hydroxyl groups is 1. The second-order valence-electron chi connectivity index (χ2n) is 3.22. The number of allylic oxidation sites excluding steroid dienone is 2. The average Bonchev–Trinajstić information content (AvgIpc) is 2.45. The van der Waals surface area contributed by atoms with E-state index in [1.54, 1.807) is 0 Å². The first kappa shape index (κ1) is 5.48. The van der Waals surface area contributed by atoms with Crippen LogP contribution in [0.2, 0.25) is 0 Å². The Bertz CT molecular complexity index is 140. The Morgan fingerprint density at radius 3 is 2.56 bits per heavy atom. The van der Waals surface area contributed by atoms with E-state index >= 15 is 0 Å². The number of aliphatic hydroxyl groups excluding tert-OH is 1. The third-order valence-electron chi connectivity index (χ3n) is 2.65. The predicted molar refractivity (Wildman–Crippen MR) is 35.9 cm³/mol. The van der Waals surface area contributed by atoms with E-state index in [0.717, 1.165) is 11.8 Å². The highest BCUT2D eigenvalue weighted by molar-refractivity contribution is 5.09. The van der Waals surface area contributed by atoms with Gasteiger partial charge in [-0.05, 0) is 30.6 Å². The summed E-state index contributed by atoms with van der Waals surface area (Å²) in [5, 5.41) is 8.85. The molecular formula is C8H12O. The Morgan fingerprint density at radius 2 is 2.22 bits per heavy atom. The second-order valence-corrected chi connectivity index (χ2v) is 3.22. The molecule has 0 aliphatic heterocycles. The van der Waals surface area contributed by atoms with Crippen LogP contribution in [0.5, 0.6) is 0 Å². The topological polar surface area (TPSA) is 20.2 Å². The Labute approximate surface area is 55.4 Å². The molecule has 2 aliphatic carbocycles. The summed E-state index contributed by atoms with van der Waals surface area (Å²) in [7, 11) is 0. The zero-order chi connectivity index (χ0) is 6.27. The first-order valence-corrected chi connectivity index (χ1v) is 3.69. The van der Waals surface area contributed by atoms with E-state index in [2.05, 4.69) is 12.2 Å². The molecule has 0 aromatic rings. The average molecular weight is 124 g/mol.